The quantitative estimate of drug-likeness (QED) is 0.784. The third kappa shape index (κ3) is 5.01. The van der Waals surface area contributed by atoms with E-state index in [0.29, 0.717) is 18.8 Å². The van der Waals surface area contributed by atoms with E-state index in [9.17, 15) is 9.90 Å². The molecule has 2 aromatic rings. The molecule has 0 spiro atoms. The van der Waals surface area contributed by atoms with Gasteiger partial charge >= 0.3 is 6.03 Å². The number of fused-ring (bicyclic) bond motifs is 1. The summed E-state index contributed by atoms with van der Waals surface area (Å²) in [4.78, 5) is 16.6. The van der Waals surface area contributed by atoms with Crippen LogP contribution in [0.1, 0.15) is 30.5 Å². The fourth-order valence-electron chi connectivity index (χ4n) is 3.73. The van der Waals surface area contributed by atoms with E-state index >= 15 is 0 Å². The minimum Gasteiger partial charge on any atom is -0.504 e. The summed E-state index contributed by atoms with van der Waals surface area (Å²) in [5, 5.41) is 13.0. The van der Waals surface area contributed by atoms with Crippen LogP contribution in [0.3, 0.4) is 0 Å². The van der Waals surface area contributed by atoms with Crippen LogP contribution >= 0.6 is 0 Å². The van der Waals surface area contributed by atoms with Crippen molar-refractivity contribution in [1.82, 2.24) is 15.1 Å². The van der Waals surface area contributed by atoms with Crippen molar-refractivity contribution in [3.8, 4) is 11.5 Å². The highest BCUT2D eigenvalue weighted by Gasteiger charge is 2.30. The molecule has 29 heavy (non-hydrogen) atoms. The van der Waals surface area contributed by atoms with Gasteiger partial charge in [-0.1, -0.05) is 30.3 Å². The molecule has 2 N–H and O–H groups in total. The number of methoxy groups -OCH3 is 1. The number of aromatic hydroxyl groups is 1. The molecule has 0 aromatic heterocycles. The van der Waals surface area contributed by atoms with E-state index in [1.54, 1.807) is 24.1 Å². The Bertz CT molecular complexity index is 866. The summed E-state index contributed by atoms with van der Waals surface area (Å²) >= 11 is 0. The van der Waals surface area contributed by atoms with E-state index in [1.165, 1.54) is 18.2 Å². The third-order valence-electron chi connectivity index (χ3n) is 5.67. The second-order valence-corrected chi connectivity index (χ2v) is 8.27. The van der Waals surface area contributed by atoms with Gasteiger partial charge in [-0.25, -0.2) is 4.79 Å². The van der Waals surface area contributed by atoms with E-state index in [0.717, 1.165) is 25.1 Å². The fourth-order valence-corrected chi connectivity index (χ4v) is 3.73. The summed E-state index contributed by atoms with van der Waals surface area (Å²) in [5.41, 5.74) is 3.48. The summed E-state index contributed by atoms with van der Waals surface area (Å²) in [6, 6.07) is 13.6. The number of nitrogens with one attached hydrogen (secondary N) is 1. The van der Waals surface area contributed by atoms with E-state index in [1.807, 2.05) is 6.07 Å². The Kier molecular flexibility index (Phi) is 6.33. The molecule has 0 radical (unpaired) electrons. The summed E-state index contributed by atoms with van der Waals surface area (Å²) < 4.78 is 5.06. The van der Waals surface area contributed by atoms with Crippen LogP contribution in [0.4, 0.5) is 4.79 Å². The molecule has 0 unspecified atom stereocenters. The lowest BCUT2D eigenvalue weighted by atomic mass is 9.94. The number of phenolic OH excluding ortho intramolecular Hbond substituents is 1. The van der Waals surface area contributed by atoms with Gasteiger partial charge in [0.15, 0.2) is 11.5 Å². The molecule has 0 aliphatic carbocycles. The van der Waals surface area contributed by atoms with Crippen molar-refractivity contribution in [3.05, 3.63) is 59.2 Å². The summed E-state index contributed by atoms with van der Waals surface area (Å²) in [6.45, 7) is 7.19. The van der Waals surface area contributed by atoms with Gasteiger partial charge in [-0.3, -0.25) is 4.90 Å². The van der Waals surface area contributed by atoms with Gasteiger partial charge in [-0.2, -0.15) is 0 Å². The zero-order valence-corrected chi connectivity index (χ0v) is 17.7. The maximum atomic E-state index is 12.6. The average Bonchev–Trinajstić information content (AvgIpc) is 2.71. The van der Waals surface area contributed by atoms with Gasteiger partial charge in [0.05, 0.1) is 7.11 Å². The van der Waals surface area contributed by atoms with Crippen molar-refractivity contribution in [2.24, 2.45) is 0 Å². The summed E-state index contributed by atoms with van der Waals surface area (Å²) in [6.07, 6.45) is 1.04. The summed E-state index contributed by atoms with van der Waals surface area (Å²) in [7, 11) is 3.26. The van der Waals surface area contributed by atoms with Crippen LogP contribution in [0, 0.1) is 0 Å². The van der Waals surface area contributed by atoms with Gasteiger partial charge in [0, 0.05) is 38.8 Å². The summed E-state index contributed by atoms with van der Waals surface area (Å²) in [5.74, 6) is 0.496. The van der Waals surface area contributed by atoms with Crippen molar-refractivity contribution in [2.45, 2.75) is 38.9 Å². The van der Waals surface area contributed by atoms with Crippen molar-refractivity contribution in [1.29, 1.82) is 0 Å². The lowest BCUT2D eigenvalue weighted by molar-refractivity contribution is 0.102. The van der Waals surface area contributed by atoms with Crippen LogP contribution in [0.15, 0.2) is 42.5 Å². The molecule has 0 atom stereocenters. The Hall–Kier alpha value is -2.73. The highest BCUT2D eigenvalue weighted by Crippen LogP contribution is 2.27. The number of rotatable bonds is 6. The molecule has 1 aliphatic heterocycles. The number of amides is 2. The van der Waals surface area contributed by atoms with E-state index in [-0.39, 0.29) is 17.3 Å². The largest absolute Gasteiger partial charge is 0.504 e. The molecule has 6 nitrogen and oxygen atoms in total. The van der Waals surface area contributed by atoms with E-state index in [2.05, 4.69) is 48.3 Å². The maximum absolute atomic E-state index is 12.6. The Balaban J connectivity index is 1.54. The number of benzene rings is 2. The molecule has 1 aliphatic rings. The number of nitrogens with zero attached hydrogens (tertiary/aromatic N) is 2. The van der Waals surface area contributed by atoms with Crippen molar-refractivity contribution >= 4 is 6.03 Å². The Morgan fingerprint density at radius 1 is 1.24 bits per heavy atom. The predicted molar refractivity (Wildman–Crippen MR) is 114 cm³/mol. The molecule has 6 heteroatoms. The molecule has 1 heterocycles. The number of ether oxygens (including phenoxy) is 1. The van der Waals surface area contributed by atoms with Crippen LogP contribution in [0.25, 0.3) is 0 Å². The van der Waals surface area contributed by atoms with Crippen molar-refractivity contribution < 1.29 is 14.6 Å². The Labute approximate surface area is 173 Å². The molecule has 0 bridgehead atoms. The SMILES string of the molecule is COc1ccc(CN(C)C(=O)NCC(C)(C)N2CCc3ccccc3C2)cc1O. The molecule has 156 valence electrons. The lowest BCUT2D eigenvalue weighted by Crippen LogP contribution is -2.54. The van der Waals surface area contributed by atoms with Crippen LogP contribution in [-0.2, 0) is 19.5 Å². The molecule has 0 saturated carbocycles. The van der Waals surface area contributed by atoms with Gasteiger partial charge in [-0.15, -0.1) is 0 Å². The monoisotopic (exact) mass is 397 g/mol. The zero-order valence-electron chi connectivity index (χ0n) is 17.7. The van der Waals surface area contributed by atoms with Crippen molar-refractivity contribution in [3.63, 3.8) is 0 Å². The highest BCUT2D eigenvalue weighted by atomic mass is 16.5. The number of hydrogen-bond acceptors (Lipinski definition) is 4. The maximum Gasteiger partial charge on any atom is 0.317 e. The third-order valence-corrected chi connectivity index (χ3v) is 5.67. The first kappa shape index (κ1) is 21.0. The van der Waals surface area contributed by atoms with Crippen LogP contribution in [-0.4, -0.2) is 53.7 Å². The van der Waals surface area contributed by atoms with Crippen LogP contribution < -0.4 is 10.1 Å². The number of phenols is 1. The molecule has 2 aromatic carbocycles. The molecule has 0 fully saturated rings. The van der Waals surface area contributed by atoms with Gasteiger partial charge in [0.2, 0.25) is 0 Å². The number of carbonyl (C=O) groups excluding carboxylic acids is 1. The first-order valence-corrected chi connectivity index (χ1v) is 9.97. The highest BCUT2D eigenvalue weighted by molar-refractivity contribution is 5.74. The molecule has 2 amide bonds. The molecule has 3 rings (SSSR count). The molecular formula is C23H31N3O3. The minimum atomic E-state index is -0.150. The molecule has 0 saturated heterocycles. The normalized spacial score (nSPS) is 14.2. The lowest BCUT2D eigenvalue weighted by Gasteiger charge is -2.42. The topological polar surface area (TPSA) is 65.0 Å². The van der Waals surface area contributed by atoms with E-state index in [4.69, 9.17) is 4.74 Å². The van der Waals surface area contributed by atoms with E-state index < -0.39 is 0 Å². The minimum absolute atomic E-state index is 0.0744. The Morgan fingerprint density at radius 2 is 1.97 bits per heavy atom. The van der Waals surface area contributed by atoms with Gasteiger partial charge < -0.3 is 20.1 Å². The Morgan fingerprint density at radius 3 is 2.66 bits per heavy atom. The second kappa shape index (κ2) is 8.74. The van der Waals surface area contributed by atoms with Gasteiger partial charge in [0.1, 0.15) is 0 Å². The number of carbonyl (C=O) groups is 1. The number of hydrogen-bond donors (Lipinski definition) is 2. The standard InChI is InChI=1S/C23H31N3O3/c1-23(2,26-12-11-18-7-5-6-8-19(18)15-26)16-24-22(28)25(3)14-17-9-10-21(29-4)20(27)13-17/h5-10,13,27H,11-12,14-16H2,1-4H3,(H,24,28). The van der Waals surface area contributed by atoms with Crippen LogP contribution in [0.5, 0.6) is 11.5 Å². The predicted octanol–water partition coefficient (Wildman–Crippen LogP) is 3.38. The smallest absolute Gasteiger partial charge is 0.317 e. The van der Waals surface area contributed by atoms with Crippen molar-refractivity contribution in [2.75, 3.05) is 27.2 Å². The molecular weight excluding hydrogens is 366 g/mol. The first-order valence-electron chi connectivity index (χ1n) is 9.97. The first-order chi connectivity index (χ1) is 13.8. The number of urea groups is 1. The van der Waals surface area contributed by atoms with Crippen LogP contribution in [0.2, 0.25) is 0 Å². The fraction of sp³-hybridized carbons (Fsp3) is 0.435. The van der Waals surface area contributed by atoms with Gasteiger partial charge in [0.25, 0.3) is 0 Å². The second-order valence-electron chi connectivity index (χ2n) is 8.27. The van der Waals surface area contributed by atoms with Gasteiger partial charge in [-0.05, 0) is 49.1 Å². The average molecular weight is 398 g/mol. The zero-order chi connectivity index (χ0) is 21.0.